The number of anilines is 2. The van der Waals surface area contributed by atoms with Gasteiger partial charge in [-0.15, -0.1) is 0 Å². The number of aryl methyl sites for hydroxylation is 1. The van der Waals surface area contributed by atoms with Crippen molar-refractivity contribution < 1.29 is 14.3 Å². The number of carbonyl (C=O) groups is 1. The Morgan fingerprint density at radius 3 is 2.79 bits per heavy atom. The number of benzene rings is 1. The van der Waals surface area contributed by atoms with E-state index in [0.717, 1.165) is 24.6 Å². The zero-order valence-corrected chi connectivity index (χ0v) is 16.2. The van der Waals surface area contributed by atoms with Crippen molar-refractivity contribution in [3.05, 3.63) is 48.0 Å². The lowest BCUT2D eigenvalue weighted by molar-refractivity contribution is 0.102. The van der Waals surface area contributed by atoms with Crippen molar-refractivity contribution in [3.8, 4) is 0 Å². The van der Waals surface area contributed by atoms with Gasteiger partial charge in [0.2, 0.25) is 0 Å². The lowest BCUT2D eigenvalue weighted by atomic mass is 9.92. The first kappa shape index (κ1) is 19.3. The molecule has 2 aromatic heterocycles. The largest absolute Gasteiger partial charge is 0.393 e. The molecule has 0 bridgehead atoms. The van der Waals surface area contributed by atoms with Gasteiger partial charge in [0.05, 0.1) is 28.9 Å². The van der Waals surface area contributed by atoms with E-state index >= 15 is 0 Å². The first-order valence-corrected chi connectivity index (χ1v) is 9.91. The fraction of sp³-hybridized carbons (Fsp3) is 0.381. The summed E-state index contributed by atoms with van der Waals surface area (Å²) in [5.74, 6) is -0.703. The highest BCUT2D eigenvalue weighted by atomic mass is 19.1. The van der Waals surface area contributed by atoms with Crippen LogP contribution in [0, 0.1) is 5.82 Å². The average Bonchev–Trinajstić information content (AvgIpc) is 3.13. The minimum atomic E-state index is -0.365. The standard InChI is InChI=1S/C21H24FN5O2/c1-2-27-20-17(12-24-27)19(25-15-4-3-5-16(28)10-15)18(11-23-20)21(29)26-14-8-6-13(22)7-9-14/h6-9,11-12,15-16,28H,2-5,10H2,1H3,(H,23,25)(H,26,29). The second kappa shape index (κ2) is 8.16. The van der Waals surface area contributed by atoms with Gasteiger partial charge in [0.15, 0.2) is 5.65 Å². The molecule has 1 fully saturated rings. The van der Waals surface area contributed by atoms with Crippen LogP contribution in [0.3, 0.4) is 0 Å². The Hall–Kier alpha value is -3.00. The minimum Gasteiger partial charge on any atom is -0.393 e. The molecular formula is C21H24FN5O2. The smallest absolute Gasteiger partial charge is 0.259 e. The summed E-state index contributed by atoms with van der Waals surface area (Å²) in [5.41, 5.74) is 2.25. The first-order chi connectivity index (χ1) is 14.0. The number of pyridine rings is 1. The van der Waals surface area contributed by atoms with Gasteiger partial charge in [0.25, 0.3) is 5.91 Å². The number of aliphatic hydroxyl groups is 1. The lowest BCUT2D eigenvalue weighted by Gasteiger charge is -2.28. The Labute approximate surface area is 167 Å². The topological polar surface area (TPSA) is 92.1 Å². The molecule has 152 valence electrons. The van der Waals surface area contributed by atoms with Crippen LogP contribution in [0.5, 0.6) is 0 Å². The van der Waals surface area contributed by atoms with Gasteiger partial charge in [-0.05, 0) is 56.9 Å². The molecule has 0 aliphatic heterocycles. The third-order valence-electron chi connectivity index (χ3n) is 5.31. The predicted octanol–water partition coefficient (Wildman–Crippen LogP) is 3.56. The highest BCUT2D eigenvalue weighted by Crippen LogP contribution is 2.30. The molecule has 1 amide bonds. The molecule has 3 aromatic rings. The Morgan fingerprint density at radius 1 is 1.28 bits per heavy atom. The molecule has 8 heteroatoms. The van der Waals surface area contributed by atoms with Crippen molar-refractivity contribution in [3.63, 3.8) is 0 Å². The number of fused-ring (bicyclic) bond motifs is 1. The van der Waals surface area contributed by atoms with Crippen molar-refractivity contribution in [1.29, 1.82) is 0 Å². The third kappa shape index (κ3) is 4.07. The molecule has 1 aliphatic carbocycles. The van der Waals surface area contributed by atoms with Gasteiger partial charge < -0.3 is 15.7 Å². The van der Waals surface area contributed by atoms with E-state index in [1.54, 1.807) is 10.9 Å². The molecule has 0 radical (unpaired) electrons. The van der Waals surface area contributed by atoms with E-state index in [1.165, 1.54) is 30.5 Å². The van der Waals surface area contributed by atoms with E-state index in [4.69, 9.17) is 0 Å². The van der Waals surface area contributed by atoms with Crippen LogP contribution in [0.25, 0.3) is 11.0 Å². The van der Waals surface area contributed by atoms with Gasteiger partial charge in [0.1, 0.15) is 5.82 Å². The summed E-state index contributed by atoms with van der Waals surface area (Å²) in [6.45, 7) is 2.65. The highest BCUT2D eigenvalue weighted by Gasteiger charge is 2.24. The van der Waals surface area contributed by atoms with Gasteiger partial charge in [-0.3, -0.25) is 4.79 Å². The van der Waals surface area contributed by atoms with E-state index in [0.29, 0.717) is 35.6 Å². The van der Waals surface area contributed by atoms with E-state index in [-0.39, 0.29) is 23.9 Å². The maximum absolute atomic E-state index is 13.2. The summed E-state index contributed by atoms with van der Waals surface area (Å²) < 4.78 is 14.9. The monoisotopic (exact) mass is 397 g/mol. The molecule has 2 heterocycles. The van der Waals surface area contributed by atoms with Crippen LogP contribution >= 0.6 is 0 Å². The van der Waals surface area contributed by atoms with Gasteiger partial charge >= 0.3 is 0 Å². The average molecular weight is 397 g/mol. The molecule has 1 aliphatic rings. The second-order valence-corrected chi connectivity index (χ2v) is 7.37. The van der Waals surface area contributed by atoms with E-state index in [2.05, 4.69) is 20.7 Å². The molecule has 1 saturated carbocycles. The number of carbonyl (C=O) groups excluding carboxylic acids is 1. The summed E-state index contributed by atoms with van der Waals surface area (Å²) in [6, 6.07) is 5.68. The van der Waals surface area contributed by atoms with E-state index < -0.39 is 0 Å². The number of hydrogen-bond donors (Lipinski definition) is 3. The molecule has 3 N–H and O–H groups in total. The van der Waals surface area contributed by atoms with Crippen molar-refractivity contribution >= 4 is 28.3 Å². The van der Waals surface area contributed by atoms with Crippen molar-refractivity contribution in [2.45, 2.75) is 51.3 Å². The summed E-state index contributed by atoms with van der Waals surface area (Å²) >= 11 is 0. The van der Waals surface area contributed by atoms with Crippen LogP contribution < -0.4 is 10.6 Å². The number of nitrogens with one attached hydrogen (secondary N) is 2. The highest BCUT2D eigenvalue weighted by molar-refractivity contribution is 6.12. The number of aromatic nitrogens is 3. The van der Waals surface area contributed by atoms with E-state index in [9.17, 15) is 14.3 Å². The van der Waals surface area contributed by atoms with Crippen molar-refractivity contribution in [2.75, 3.05) is 10.6 Å². The van der Waals surface area contributed by atoms with Crippen LogP contribution in [0.4, 0.5) is 15.8 Å². The maximum Gasteiger partial charge on any atom is 0.259 e. The zero-order valence-electron chi connectivity index (χ0n) is 16.2. The quantitative estimate of drug-likeness (QED) is 0.612. The second-order valence-electron chi connectivity index (χ2n) is 7.37. The van der Waals surface area contributed by atoms with Gasteiger partial charge in [-0.1, -0.05) is 0 Å². The number of hydrogen-bond acceptors (Lipinski definition) is 5. The number of rotatable bonds is 5. The molecule has 0 saturated heterocycles. The lowest BCUT2D eigenvalue weighted by Crippen LogP contribution is -2.31. The SMILES string of the molecule is CCn1ncc2c(NC3CCCC(O)C3)c(C(=O)Nc3ccc(F)cc3)cnc21. The first-order valence-electron chi connectivity index (χ1n) is 9.91. The molecule has 29 heavy (non-hydrogen) atoms. The van der Waals surface area contributed by atoms with Crippen LogP contribution in [0.15, 0.2) is 36.7 Å². The summed E-state index contributed by atoms with van der Waals surface area (Å²) in [7, 11) is 0. The maximum atomic E-state index is 13.2. The zero-order chi connectivity index (χ0) is 20.4. The Kier molecular flexibility index (Phi) is 5.44. The number of halogens is 1. The molecule has 1 aromatic carbocycles. The van der Waals surface area contributed by atoms with E-state index in [1.807, 2.05) is 6.92 Å². The van der Waals surface area contributed by atoms with Crippen LogP contribution in [0.2, 0.25) is 0 Å². The fourth-order valence-corrected chi connectivity index (χ4v) is 3.82. The Bertz CT molecular complexity index is 1020. The molecular weight excluding hydrogens is 373 g/mol. The number of aliphatic hydroxyl groups excluding tert-OH is 1. The van der Waals surface area contributed by atoms with Crippen molar-refractivity contribution in [1.82, 2.24) is 14.8 Å². The molecule has 4 rings (SSSR count). The summed E-state index contributed by atoms with van der Waals surface area (Å²) in [5, 5.41) is 21.4. The van der Waals surface area contributed by atoms with Crippen molar-refractivity contribution in [2.24, 2.45) is 0 Å². The molecule has 0 spiro atoms. The van der Waals surface area contributed by atoms with Gasteiger partial charge in [-0.25, -0.2) is 14.1 Å². The Morgan fingerprint density at radius 2 is 2.07 bits per heavy atom. The molecule has 2 unspecified atom stereocenters. The van der Waals surface area contributed by atoms with Gasteiger partial charge in [-0.2, -0.15) is 5.10 Å². The number of amides is 1. The summed E-state index contributed by atoms with van der Waals surface area (Å²) in [6.07, 6.45) is 6.19. The number of nitrogens with zero attached hydrogens (tertiary/aromatic N) is 3. The molecule has 7 nitrogen and oxygen atoms in total. The minimum absolute atomic E-state index is 0.0618. The Balaban J connectivity index is 1.69. The normalized spacial score (nSPS) is 19.3. The van der Waals surface area contributed by atoms with Crippen LogP contribution in [-0.4, -0.2) is 37.9 Å². The summed E-state index contributed by atoms with van der Waals surface area (Å²) in [4.78, 5) is 17.4. The van der Waals surface area contributed by atoms with Gasteiger partial charge in [0, 0.05) is 24.5 Å². The third-order valence-corrected chi connectivity index (χ3v) is 5.31. The predicted molar refractivity (Wildman–Crippen MR) is 109 cm³/mol. The van der Waals surface area contributed by atoms with Crippen LogP contribution in [0.1, 0.15) is 43.0 Å². The fourth-order valence-electron chi connectivity index (χ4n) is 3.82. The van der Waals surface area contributed by atoms with Crippen LogP contribution in [-0.2, 0) is 6.54 Å². The molecule has 2 atom stereocenters.